The molecule has 1 nitrogen and oxygen atoms in total. The molecule has 26 heavy (non-hydrogen) atoms. The molecular formula is C25H26O. The van der Waals surface area contributed by atoms with Crippen LogP contribution in [0.4, 0.5) is 0 Å². The van der Waals surface area contributed by atoms with Crippen LogP contribution in [0.5, 0.6) is 5.75 Å². The Morgan fingerprint density at radius 3 is 2.19 bits per heavy atom. The van der Waals surface area contributed by atoms with Gasteiger partial charge in [-0.15, -0.1) is 0 Å². The van der Waals surface area contributed by atoms with Crippen molar-refractivity contribution in [1.29, 1.82) is 0 Å². The summed E-state index contributed by atoms with van der Waals surface area (Å²) in [7, 11) is 0. The van der Waals surface area contributed by atoms with Gasteiger partial charge in [-0.05, 0) is 72.5 Å². The normalized spacial score (nSPS) is 10.4. The Balaban J connectivity index is 1.74. The highest BCUT2D eigenvalue weighted by atomic mass is 16.5. The van der Waals surface area contributed by atoms with Crippen LogP contribution in [-0.2, 0) is 6.42 Å². The molecule has 0 radical (unpaired) electrons. The number of benzene rings is 3. The first-order valence-corrected chi connectivity index (χ1v) is 9.56. The summed E-state index contributed by atoms with van der Waals surface area (Å²) in [5.41, 5.74) is 3.48. The Morgan fingerprint density at radius 1 is 0.731 bits per heavy atom. The van der Waals surface area contributed by atoms with E-state index < -0.39 is 0 Å². The summed E-state index contributed by atoms with van der Waals surface area (Å²) in [6, 6.07) is 21.2. The van der Waals surface area contributed by atoms with Crippen molar-refractivity contribution in [3.8, 4) is 17.6 Å². The van der Waals surface area contributed by atoms with Gasteiger partial charge in [0.15, 0.2) is 0 Å². The average Bonchev–Trinajstić information content (AvgIpc) is 2.68. The zero-order valence-corrected chi connectivity index (χ0v) is 15.7. The van der Waals surface area contributed by atoms with Crippen LogP contribution in [-0.4, -0.2) is 6.61 Å². The maximum absolute atomic E-state index is 5.46. The number of ether oxygens (including phenoxy) is 1. The molecule has 132 valence electrons. The van der Waals surface area contributed by atoms with Crippen molar-refractivity contribution < 1.29 is 4.74 Å². The first kappa shape index (κ1) is 18.1. The number of aryl methyl sites for hydroxylation is 1. The van der Waals surface area contributed by atoms with Gasteiger partial charge in [0, 0.05) is 11.1 Å². The van der Waals surface area contributed by atoms with E-state index in [1.807, 2.05) is 31.2 Å². The van der Waals surface area contributed by atoms with E-state index in [-0.39, 0.29) is 0 Å². The zero-order chi connectivity index (χ0) is 18.2. The fourth-order valence-electron chi connectivity index (χ4n) is 3.05. The molecule has 0 unspecified atom stereocenters. The molecule has 3 aromatic rings. The van der Waals surface area contributed by atoms with E-state index in [4.69, 9.17) is 4.74 Å². The first-order valence-electron chi connectivity index (χ1n) is 9.56. The number of hydrogen-bond donors (Lipinski definition) is 0. The maximum atomic E-state index is 5.46. The summed E-state index contributed by atoms with van der Waals surface area (Å²) in [4.78, 5) is 0. The van der Waals surface area contributed by atoms with Crippen LogP contribution in [0.2, 0.25) is 0 Å². The summed E-state index contributed by atoms with van der Waals surface area (Å²) in [5, 5.41) is 2.55. The Labute approximate surface area is 157 Å². The lowest BCUT2D eigenvalue weighted by atomic mass is 10.0. The second-order valence-electron chi connectivity index (χ2n) is 6.56. The molecule has 0 spiro atoms. The minimum Gasteiger partial charge on any atom is -0.494 e. The van der Waals surface area contributed by atoms with Gasteiger partial charge in [0.25, 0.3) is 0 Å². The highest BCUT2D eigenvalue weighted by Crippen LogP contribution is 2.19. The van der Waals surface area contributed by atoms with Gasteiger partial charge < -0.3 is 4.74 Å². The highest BCUT2D eigenvalue weighted by molar-refractivity contribution is 5.84. The maximum Gasteiger partial charge on any atom is 0.119 e. The van der Waals surface area contributed by atoms with E-state index in [1.54, 1.807) is 0 Å². The standard InChI is InChI=1S/C25H26O/c1-3-5-6-7-21-10-14-24-19-22(11-15-23(24)18-21)9-8-20-12-16-25(17-13-20)26-4-2/h10-19H,3-7H2,1-2H3. The van der Waals surface area contributed by atoms with Gasteiger partial charge in [-0.3, -0.25) is 0 Å². The second kappa shape index (κ2) is 9.11. The van der Waals surface area contributed by atoms with Gasteiger partial charge in [0.1, 0.15) is 5.75 Å². The molecule has 0 N–H and O–H groups in total. The third-order valence-electron chi connectivity index (χ3n) is 4.49. The molecule has 0 heterocycles. The van der Waals surface area contributed by atoms with Crippen molar-refractivity contribution >= 4 is 10.8 Å². The van der Waals surface area contributed by atoms with Gasteiger partial charge in [-0.1, -0.05) is 55.9 Å². The lowest BCUT2D eigenvalue weighted by molar-refractivity contribution is 0.340. The molecule has 0 amide bonds. The molecular weight excluding hydrogens is 316 g/mol. The molecule has 0 saturated carbocycles. The predicted octanol–water partition coefficient (Wildman–Crippen LogP) is 6.37. The zero-order valence-electron chi connectivity index (χ0n) is 15.7. The van der Waals surface area contributed by atoms with Crippen molar-refractivity contribution in [3.05, 3.63) is 77.4 Å². The van der Waals surface area contributed by atoms with Crippen molar-refractivity contribution in [3.63, 3.8) is 0 Å². The lowest BCUT2D eigenvalue weighted by Gasteiger charge is -2.04. The topological polar surface area (TPSA) is 9.23 Å². The molecule has 1 heteroatoms. The van der Waals surface area contributed by atoms with Crippen molar-refractivity contribution in [1.82, 2.24) is 0 Å². The fourth-order valence-corrected chi connectivity index (χ4v) is 3.05. The van der Waals surface area contributed by atoms with Gasteiger partial charge >= 0.3 is 0 Å². The van der Waals surface area contributed by atoms with Crippen LogP contribution in [0.1, 0.15) is 49.8 Å². The van der Waals surface area contributed by atoms with E-state index in [1.165, 1.54) is 42.0 Å². The van der Waals surface area contributed by atoms with Crippen LogP contribution >= 0.6 is 0 Å². The third-order valence-corrected chi connectivity index (χ3v) is 4.49. The molecule has 0 saturated heterocycles. The Kier molecular flexibility index (Phi) is 6.34. The largest absolute Gasteiger partial charge is 0.494 e. The summed E-state index contributed by atoms with van der Waals surface area (Å²) in [6.07, 6.45) is 5.01. The summed E-state index contributed by atoms with van der Waals surface area (Å²) >= 11 is 0. The molecule has 3 rings (SSSR count). The van der Waals surface area contributed by atoms with Crippen molar-refractivity contribution in [2.75, 3.05) is 6.61 Å². The quantitative estimate of drug-likeness (QED) is 0.373. The van der Waals surface area contributed by atoms with Gasteiger partial charge in [-0.2, -0.15) is 0 Å². The van der Waals surface area contributed by atoms with Crippen molar-refractivity contribution in [2.24, 2.45) is 0 Å². The molecule has 0 bridgehead atoms. The highest BCUT2D eigenvalue weighted by Gasteiger charge is 1.99. The predicted molar refractivity (Wildman–Crippen MR) is 111 cm³/mol. The van der Waals surface area contributed by atoms with E-state index in [0.29, 0.717) is 6.61 Å². The molecule has 3 aromatic carbocycles. The van der Waals surface area contributed by atoms with Crippen LogP contribution in [0.15, 0.2) is 60.7 Å². The summed E-state index contributed by atoms with van der Waals surface area (Å²) < 4.78 is 5.46. The third kappa shape index (κ3) is 4.90. The second-order valence-corrected chi connectivity index (χ2v) is 6.56. The number of hydrogen-bond acceptors (Lipinski definition) is 1. The molecule has 0 aliphatic heterocycles. The van der Waals surface area contributed by atoms with Crippen LogP contribution in [0, 0.1) is 11.8 Å². The Hall–Kier alpha value is -2.72. The monoisotopic (exact) mass is 342 g/mol. The molecule has 0 aliphatic rings. The number of rotatable bonds is 6. The van der Waals surface area contributed by atoms with Gasteiger partial charge in [0.05, 0.1) is 6.61 Å². The summed E-state index contributed by atoms with van der Waals surface area (Å²) in [5.74, 6) is 7.39. The van der Waals surface area contributed by atoms with Crippen LogP contribution in [0.3, 0.4) is 0 Å². The Bertz CT molecular complexity index is 910. The first-order chi connectivity index (χ1) is 12.8. The van der Waals surface area contributed by atoms with Crippen LogP contribution in [0.25, 0.3) is 10.8 Å². The smallest absolute Gasteiger partial charge is 0.119 e. The number of unbranched alkanes of at least 4 members (excludes halogenated alkanes) is 2. The molecule has 0 aliphatic carbocycles. The Morgan fingerprint density at radius 2 is 1.42 bits per heavy atom. The van der Waals surface area contributed by atoms with Crippen LogP contribution < -0.4 is 4.74 Å². The van der Waals surface area contributed by atoms with Crippen molar-refractivity contribution in [2.45, 2.75) is 39.5 Å². The number of fused-ring (bicyclic) bond motifs is 1. The minimum atomic E-state index is 0.683. The van der Waals surface area contributed by atoms with Gasteiger partial charge in [0.2, 0.25) is 0 Å². The molecule has 0 atom stereocenters. The van der Waals surface area contributed by atoms with E-state index in [9.17, 15) is 0 Å². The van der Waals surface area contributed by atoms with E-state index in [0.717, 1.165) is 16.9 Å². The lowest BCUT2D eigenvalue weighted by Crippen LogP contribution is -1.90. The van der Waals surface area contributed by atoms with E-state index in [2.05, 4.69) is 55.2 Å². The minimum absolute atomic E-state index is 0.683. The average molecular weight is 342 g/mol. The fraction of sp³-hybridized carbons (Fsp3) is 0.280. The molecule has 0 aromatic heterocycles. The SMILES string of the molecule is CCCCCc1ccc2cc(C#Cc3ccc(OCC)cc3)ccc2c1. The summed E-state index contributed by atoms with van der Waals surface area (Å²) in [6.45, 7) is 4.92. The van der Waals surface area contributed by atoms with E-state index >= 15 is 0 Å². The molecule has 0 fully saturated rings. The van der Waals surface area contributed by atoms with Gasteiger partial charge in [-0.25, -0.2) is 0 Å².